The van der Waals surface area contributed by atoms with Crippen molar-refractivity contribution in [3.05, 3.63) is 63.5 Å². The molecule has 19 heavy (non-hydrogen) atoms. The van der Waals surface area contributed by atoms with Crippen molar-refractivity contribution in [1.29, 1.82) is 0 Å². The van der Waals surface area contributed by atoms with Crippen LogP contribution in [0.25, 0.3) is 12.2 Å². The first-order valence-electron chi connectivity index (χ1n) is 5.66. The fourth-order valence-electron chi connectivity index (χ4n) is 1.66. The van der Waals surface area contributed by atoms with Gasteiger partial charge < -0.3 is 5.11 Å². The molecular formula is C14H12N2O3. The number of para-hydroxylation sites is 1. The van der Waals surface area contributed by atoms with Gasteiger partial charge in [0.25, 0.3) is 5.69 Å². The van der Waals surface area contributed by atoms with E-state index in [-0.39, 0.29) is 11.4 Å². The molecule has 0 fully saturated rings. The maximum atomic E-state index is 10.9. The van der Waals surface area contributed by atoms with Gasteiger partial charge in [-0.25, -0.2) is 4.98 Å². The predicted octanol–water partition coefficient (Wildman–Crippen LogP) is 3.17. The summed E-state index contributed by atoms with van der Waals surface area (Å²) in [5, 5.41) is 20.5. The van der Waals surface area contributed by atoms with E-state index in [9.17, 15) is 15.2 Å². The predicted molar refractivity (Wildman–Crippen MR) is 72.7 cm³/mol. The number of aromatic nitrogens is 1. The minimum atomic E-state index is -0.441. The molecule has 1 aromatic carbocycles. The van der Waals surface area contributed by atoms with E-state index in [1.807, 2.05) is 6.92 Å². The van der Waals surface area contributed by atoms with E-state index in [4.69, 9.17) is 0 Å². The van der Waals surface area contributed by atoms with Crippen molar-refractivity contribution in [2.24, 2.45) is 0 Å². The van der Waals surface area contributed by atoms with Crippen LogP contribution in [0.3, 0.4) is 0 Å². The van der Waals surface area contributed by atoms with Crippen LogP contribution in [-0.4, -0.2) is 15.0 Å². The number of nitrogens with zero attached hydrogens (tertiary/aromatic N) is 2. The molecule has 5 heteroatoms. The quantitative estimate of drug-likeness (QED) is 0.676. The number of aromatic hydroxyl groups is 1. The van der Waals surface area contributed by atoms with Crippen molar-refractivity contribution in [1.82, 2.24) is 4.98 Å². The summed E-state index contributed by atoms with van der Waals surface area (Å²) < 4.78 is 0. The highest BCUT2D eigenvalue weighted by atomic mass is 16.6. The molecule has 0 aliphatic rings. The monoisotopic (exact) mass is 256 g/mol. The van der Waals surface area contributed by atoms with Crippen LogP contribution < -0.4 is 0 Å². The molecule has 0 aliphatic carbocycles. The molecule has 5 nitrogen and oxygen atoms in total. The first kappa shape index (κ1) is 12.8. The van der Waals surface area contributed by atoms with Crippen LogP contribution in [0.15, 0.2) is 36.4 Å². The van der Waals surface area contributed by atoms with Gasteiger partial charge in [-0.2, -0.15) is 0 Å². The number of aryl methyl sites for hydroxylation is 1. The molecule has 0 amide bonds. The highest BCUT2D eigenvalue weighted by molar-refractivity contribution is 5.74. The van der Waals surface area contributed by atoms with Gasteiger partial charge in [0.05, 0.1) is 10.5 Å². The Hall–Kier alpha value is -2.69. The van der Waals surface area contributed by atoms with E-state index in [1.165, 1.54) is 6.07 Å². The summed E-state index contributed by atoms with van der Waals surface area (Å²) in [5.41, 5.74) is 1.64. The van der Waals surface area contributed by atoms with E-state index >= 15 is 0 Å². The minimum Gasteiger partial charge on any atom is -0.506 e. The second kappa shape index (κ2) is 5.30. The lowest BCUT2D eigenvalue weighted by molar-refractivity contribution is -0.385. The zero-order valence-electron chi connectivity index (χ0n) is 10.3. The summed E-state index contributed by atoms with van der Waals surface area (Å²) in [6.07, 6.45) is 3.13. The molecule has 2 rings (SSSR count). The van der Waals surface area contributed by atoms with Crippen LogP contribution in [0.2, 0.25) is 0 Å². The molecule has 0 bridgehead atoms. The number of rotatable bonds is 3. The summed E-state index contributed by atoms with van der Waals surface area (Å²) in [4.78, 5) is 14.6. The van der Waals surface area contributed by atoms with E-state index < -0.39 is 4.92 Å². The smallest absolute Gasteiger partial charge is 0.276 e. The lowest BCUT2D eigenvalue weighted by atomic mass is 10.1. The summed E-state index contributed by atoms with van der Waals surface area (Å²) in [7, 11) is 0. The third-order valence-electron chi connectivity index (χ3n) is 2.60. The molecule has 0 aliphatic heterocycles. The molecule has 0 unspecified atom stereocenters. The Balaban J connectivity index is 2.38. The Morgan fingerprint density at radius 3 is 2.68 bits per heavy atom. The maximum absolute atomic E-state index is 10.9. The maximum Gasteiger partial charge on any atom is 0.276 e. The molecule has 1 aromatic heterocycles. The van der Waals surface area contributed by atoms with E-state index in [0.29, 0.717) is 11.3 Å². The standard InChI is InChI=1S/C14H12N2O3/c1-10-6-9-14(17)12(15-10)8-7-11-4-2-3-5-13(11)16(18)19/h2-9,17H,1H3/b8-7+. The van der Waals surface area contributed by atoms with Gasteiger partial charge in [-0.05, 0) is 37.3 Å². The van der Waals surface area contributed by atoms with Crippen LogP contribution in [0.5, 0.6) is 5.75 Å². The Labute approximate surface area is 110 Å². The lowest BCUT2D eigenvalue weighted by Gasteiger charge is -2.00. The van der Waals surface area contributed by atoms with Crippen molar-refractivity contribution in [3.8, 4) is 5.75 Å². The van der Waals surface area contributed by atoms with Crippen molar-refractivity contribution in [2.45, 2.75) is 6.92 Å². The number of nitro benzene ring substituents is 1. The average Bonchev–Trinajstić information content (AvgIpc) is 2.40. The van der Waals surface area contributed by atoms with Gasteiger partial charge in [0.1, 0.15) is 11.4 Å². The minimum absolute atomic E-state index is 0.0193. The van der Waals surface area contributed by atoms with E-state index in [1.54, 1.807) is 42.5 Å². The molecule has 1 N–H and O–H groups in total. The third-order valence-corrected chi connectivity index (χ3v) is 2.60. The first-order valence-corrected chi connectivity index (χ1v) is 5.66. The zero-order chi connectivity index (χ0) is 13.8. The van der Waals surface area contributed by atoms with Crippen LogP contribution >= 0.6 is 0 Å². The number of pyridine rings is 1. The Morgan fingerprint density at radius 2 is 1.95 bits per heavy atom. The Morgan fingerprint density at radius 1 is 1.21 bits per heavy atom. The average molecular weight is 256 g/mol. The van der Waals surface area contributed by atoms with Crippen LogP contribution in [0.4, 0.5) is 5.69 Å². The van der Waals surface area contributed by atoms with Crippen molar-refractivity contribution < 1.29 is 10.0 Å². The lowest BCUT2D eigenvalue weighted by Crippen LogP contribution is -1.90. The van der Waals surface area contributed by atoms with Crippen LogP contribution in [0, 0.1) is 17.0 Å². The molecule has 0 spiro atoms. The van der Waals surface area contributed by atoms with Crippen molar-refractivity contribution in [3.63, 3.8) is 0 Å². The zero-order valence-corrected chi connectivity index (χ0v) is 10.3. The summed E-state index contributed by atoms with van der Waals surface area (Å²) in [5.74, 6) is 0.0421. The fraction of sp³-hybridized carbons (Fsp3) is 0.0714. The summed E-state index contributed by atoms with van der Waals surface area (Å²) >= 11 is 0. The summed E-state index contributed by atoms with van der Waals surface area (Å²) in [6.45, 7) is 1.81. The number of hydrogen-bond acceptors (Lipinski definition) is 4. The molecular weight excluding hydrogens is 244 g/mol. The fourth-order valence-corrected chi connectivity index (χ4v) is 1.66. The second-order valence-electron chi connectivity index (χ2n) is 4.01. The van der Waals surface area contributed by atoms with Crippen molar-refractivity contribution in [2.75, 3.05) is 0 Å². The molecule has 1 heterocycles. The Kier molecular flexibility index (Phi) is 3.56. The van der Waals surface area contributed by atoms with Gasteiger partial charge >= 0.3 is 0 Å². The van der Waals surface area contributed by atoms with Gasteiger partial charge in [0.15, 0.2) is 0 Å². The number of benzene rings is 1. The number of nitro groups is 1. The normalized spacial score (nSPS) is 10.8. The molecule has 0 radical (unpaired) electrons. The van der Waals surface area contributed by atoms with Crippen LogP contribution in [-0.2, 0) is 0 Å². The molecule has 0 saturated carbocycles. The van der Waals surface area contributed by atoms with Gasteiger partial charge in [-0.3, -0.25) is 10.1 Å². The highest BCUT2D eigenvalue weighted by Crippen LogP contribution is 2.22. The van der Waals surface area contributed by atoms with Crippen molar-refractivity contribution >= 4 is 17.8 Å². The largest absolute Gasteiger partial charge is 0.506 e. The molecule has 0 atom stereocenters. The van der Waals surface area contributed by atoms with E-state index in [0.717, 1.165) is 5.69 Å². The van der Waals surface area contributed by atoms with E-state index in [2.05, 4.69) is 4.98 Å². The highest BCUT2D eigenvalue weighted by Gasteiger charge is 2.09. The second-order valence-corrected chi connectivity index (χ2v) is 4.01. The third kappa shape index (κ3) is 2.95. The van der Waals surface area contributed by atoms with Gasteiger partial charge in [-0.15, -0.1) is 0 Å². The molecule has 2 aromatic rings. The van der Waals surface area contributed by atoms with Crippen LogP contribution in [0.1, 0.15) is 17.0 Å². The summed E-state index contributed by atoms with van der Waals surface area (Å²) in [6, 6.07) is 9.64. The van der Waals surface area contributed by atoms with Gasteiger partial charge in [-0.1, -0.05) is 12.1 Å². The van der Waals surface area contributed by atoms with Gasteiger partial charge in [0.2, 0.25) is 0 Å². The SMILES string of the molecule is Cc1ccc(O)c(/C=C/c2ccccc2[N+](=O)[O-])n1. The first-order chi connectivity index (χ1) is 9.08. The topological polar surface area (TPSA) is 76.3 Å². The molecule has 96 valence electrons. The van der Waals surface area contributed by atoms with Gasteiger partial charge in [0, 0.05) is 11.8 Å². The number of hydrogen-bond donors (Lipinski definition) is 1. The molecule has 0 saturated heterocycles. The Bertz CT molecular complexity index is 651.